The first-order valence-corrected chi connectivity index (χ1v) is 8.63. The van der Waals surface area contributed by atoms with Crippen LogP contribution in [0.4, 0.5) is 0 Å². The van der Waals surface area contributed by atoms with Crippen molar-refractivity contribution in [3.63, 3.8) is 0 Å². The molecule has 0 aliphatic rings. The second kappa shape index (κ2) is 9.24. The molecule has 0 N–H and O–H groups in total. The molecule has 0 amide bonds. The van der Waals surface area contributed by atoms with E-state index in [-0.39, 0.29) is 22.9 Å². The first kappa shape index (κ1) is 20.2. The minimum Gasteiger partial charge on any atom is -0.295 e. The van der Waals surface area contributed by atoms with Crippen molar-refractivity contribution in [3.05, 3.63) is 24.3 Å². The van der Waals surface area contributed by atoms with Gasteiger partial charge in [-0.2, -0.15) is 11.8 Å². The summed E-state index contributed by atoms with van der Waals surface area (Å²) in [7, 11) is 0. The highest BCUT2D eigenvalue weighted by Gasteiger charge is 2.18. The number of rotatable bonds is 10. The molecule has 0 aromatic carbocycles. The van der Waals surface area contributed by atoms with E-state index in [1.54, 1.807) is 13.8 Å². The van der Waals surface area contributed by atoms with Gasteiger partial charge in [0.15, 0.2) is 11.6 Å². The number of ketones is 2. The molecule has 0 saturated heterocycles. The molecule has 0 aromatic heterocycles. The Labute approximate surface area is 134 Å². The Morgan fingerprint density at radius 1 is 1.05 bits per heavy atom. The molecule has 0 bridgehead atoms. The van der Waals surface area contributed by atoms with Crippen molar-refractivity contribution in [1.29, 1.82) is 0 Å². The average molecular weight is 311 g/mol. The predicted molar refractivity (Wildman–Crippen MR) is 93.8 cm³/mol. The number of Topliss-reactive ketones (excluding diaryl/α,β-unsaturated/α-hetero) is 2. The monoisotopic (exact) mass is 310 g/mol. The van der Waals surface area contributed by atoms with Gasteiger partial charge in [0.1, 0.15) is 0 Å². The van der Waals surface area contributed by atoms with Crippen molar-refractivity contribution in [2.24, 2.45) is 11.3 Å². The summed E-state index contributed by atoms with van der Waals surface area (Å²) in [6, 6.07) is 0. The molecule has 0 aromatic rings. The Bertz CT molecular complexity index is 402. The number of thioether (sulfide) groups is 1. The van der Waals surface area contributed by atoms with Gasteiger partial charge < -0.3 is 0 Å². The molecule has 21 heavy (non-hydrogen) atoms. The molecule has 0 heterocycles. The maximum absolute atomic E-state index is 11.9. The minimum atomic E-state index is 0.101. The summed E-state index contributed by atoms with van der Waals surface area (Å²) in [5.74, 6) is 2.42. The highest BCUT2D eigenvalue weighted by Crippen LogP contribution is 2.26. The topological polar surface area (TPSA) is 34.1 Å². The summed E-state index contributed by atoms with van der Waals surface area (Å²) >= 11 is 1.87. The van der Waals surface area contributed by atoms with Crippen molar-refractivity contribution in [1.82, 2.24) is 0 Å². The van der Waals surface area contributed by atoms with Gasteiger partial charge in [-0.25, -0.2) is 0 Å². The third-order valence-corrected chi connectivity index (χ3v) is 4.87. The van der Waals surface area contributed by atoms with Crippen LogP contribution in [0.1, 0.15) is 53.9 Å². The van der Waals surface area contributed by atoms with Gasteiger partial charge in [0.25, 0.3) is 0 Å². The summed E-state index contributed by atoms with van der Waals surface area (Å²) in [5.41, 5.74) is 1.48. The van der Waals surface area contributed by atoms with E-state index in [4.69, 9.17) is 0 Å². The average Bonchev–Trinajstić information content (AvgIpc) is 2.33. The van der Waals surface area contributed by atoms with E-state index < -0.39 is 0 Å². The zero-order chi connectivity index (χ0) is 16.6. The van der Waals surface area contributed by atoms with Crippen LogP contribution in [0.2, 0.25) is 0 Å². The highest BCUT2D eigenvalue weighted by atomic mass is 32.2. The number of hydrogen-bond acceptors (Lipinski definition) is 3. The van der Waals surface area contributed by atoms with E-state index in [2.05, 4.69) is 33.9 Å². The van der Waals surface area contributed by atoms with Crippen LogP contribution in [0.3, 0.4) is 0 Å². The van der Waals surface area contributed by atoms with Gasteiger partial charge in [-0.05, 0) is 54.3 Å². The molecule has 3 heteroatoms. The van der Waals surface area contributed by atoms with Gasteiger partial charge >= 0.3 is 0 Å². The van der Waals surface area contributed by atoms with Crippen LogP contribution in [0.25, 0.3) is 0 Å². The molecule has 0 aliphatic heterocycles. The number of carbonyl (C=O) groups excluding carboxylic acids is 2. The lowest BCUT2D eigenvalue weighted by Crippen LogP contribution is -2.16. The third kappa shape index (κ3) is 10.5. The number of carbonyl (C=O) groups is 2. The molecule has 2 nitrogen and oxygen atoms in total. The van der Waals surface area contributed by atoms with E-state index in [0.29, 0.717) is 24.0 Å². The Kier molecular flexibility index (Phi) is 8.88. The molecule has 0 rings (SSSR count). The molecule has 0 fully saturated rings. The second-order valence-corrected chi connectivity index (χ2v) is 8.12. The quantitative estimate of drug-likeness (QED) is 0.541. The lowest BCUT2D eigenvalue weighted by Gasteiger charge is -2.20. The van der Waals surface area contributed by atoms with Crippen LogP contribution in [0, 0.1) is 11.3 Å². The summed E-state index contributed by atoms with van der Waals surface area (Å²) in [4.78, 5) is 23.6. The van der Waals surface area contributed by atoms with E-state index in [1.807, 2.05) is 11.8 Å². The van der Waals surface area contributed by atoms with Crippen LogP contribution >= 0.6 is 11.8 Å². The van der Waals surface area contributed by atoms with Crippen LogP contribution in [0.15, 0.2) is 24.3 Å². The molecule has 0 radical (unpaired) electrons. The normalized spacial score (nSPS) is 12.8. The summed E-state index contributed by atoms with van der Waals surface area (Å²) in [6.45, 7) is 17.5. The van der Waals surface area contributed by atoms with Crippen molar-refractivity contribution in [3.8, 4) is 0 Å². The summed E-state index contributed by atoms with van der Waals surface area (Å²) in [6.07, 6.45) is 1.73. The SMILES string of the molecule is C=C(C)C(=O)CCC(CSCC(C)(C)C)CC(=O)C(=C)C. The van der Waals surface area contributed by atoms with Crippen LogP contribution in [0.5, 0.6) is 0 Å². The molecule has 0 spiro atoms. The Balaban J connectivity index is 4.47. The lowest BCUT2D eigenvalue weighted by atomic mass is 9.94. The molecule has 1 atom stereocenters. The zero-order valence-electron chi connectivity index (χ0n) is 14.3. The summed E-state index contributed by atoms with van der Waals surface area (Å²) < 4.78 is 0. The fraction of sp³-hybridized carbons (Fsp3) is 0.667. The Morgan fingerprint density at radius 2 is 1.57 bits per heavy atom. The van der Waals surface area contributed by atoms with Crippen molar-refractivity contribution < 1.29 is 9.59 Å². The number of allylic oxidation sites excluding steroid dienone is 2. The molecule has 0 saturated carbocycles. The van der Waals surface area contributed by atoms with Crippen LogP contribution in [-0.4, -0.2) is 23.1 Å². The van der Waals surface area contributed by atoms with Gasteiger partial charge in [0.2, 0.25) is 0 Å². The summed E-state index contributed by atoms with van der Waals surface area (Å²) in [5, 5.41) is 0. The number of hydrogen-bond donors (Lipinski definition) is 0. The van der Waals surface area contributed by atoms with E-state index >= 15 is 0 Å². The Morgan fingerprint density at radius 3 is 2.00 bits per heavy atom. The first-order chi connectivity index (χ1) is 9.53. The van der Waals surface area contributed by atoms with Crippen LogP contribution in [-0.2, 0) is 9.59 Å². The predicted octanol–water partition coefficient (Wildman–Crippen LogP) is 4.84. The van der Waals surface area contributed by atoms with E-state index in [9.17, 15) is 9.59 Å². The highest BCUT2D eigenvalue weighted by molar-refractivity contribution is 7.99. The smallest absolute Gasteiger partial charge is 0.158 e. The maximum atomic E-state index is 11.9. The van der Waals surface area contributed by atoms with Crippen molar-refractivity contribution in [2.75, 3.05) is 11.5 Å². The largest absolute Gasteiger partial charge is 0.295 e. The minimum absolute atomic E-state index is 0.101. The fourth-order valence-corrected chi connectivity index (χ4v) is 3.11. The second-order valence-electron chi connectivity index (χ2n) is 7.09. The fourth-order valence-electron chi connectivity index (χ4n) is 1.76. The van der Waals surface area contributed by atoms with Gasteiger partial charge in [0, 0.05) is 12.8 Å². The maximum Gasteiger partial charge on any atom is 0.158 e. The van der Waals surface area contributed by atoms with Crippen molar-refractivity contribution in [2.45, 2.75) is 53.9 Å². The third-order valence-electron chi connectivity index (χ3n) is 3.09. The van der Waals surface area contributed by atoms with E-state index in [0.717, 1.165) is 17.9 Å². The van der Waals surface area contributed by atoms with Crippen molar-refractivity contribution >= 4 is 23.3 Å². The van der Waals surface area contributed by atoms with Gasteiger partial charge in [-0.1, -0.05) is 33.9 Å². The molecular weight excluding hydrogens is 280 g/mol. The zero-order valence-corrected chi connectivity index (χ0v) is 15.1. The van der Waals surface area contributed by atoms with Gasteiger partial charge in [0.05, 0.1) is 0 Å². The molecular formula is C18H30O2S. The van der Waals surface area contributed by atoms with Gasteiger partial charge in [-0.3, -0.25) is 9.59 Å². The molecule has 1 unspecified atom stereocenters. The Hall–Kier alpha value is -0.830. The van der Waals surface area contributed by atoms with Gasteiger partial charge in [-0.15, -0.1) is 0 Å². The lowest BCUT2D eigenvalue weighted by molar-refractivity contribution is -0.118. The van der Waals surface area contributed by atoms with Crippen LogP contribution < -0.4 is 0 Å². The molecule has 0 aliphatic carbocycles. The van der Waals surface area contributed by atoms with E-state index in [1.165, 1.54) is 0 Å². The standard InChI is InChI=1S/C18H30O2S/c1-13(2)16(19)9-8-15(10-17(20)14(3)4)11-21-12-18(5,6)7/h15H,1,3,8-12H2,2,4-7H3. The molecule has 120 valence electrons. The first-order valence-electron chi connectivity index (χ1n) is 7.48.